The van der Waals surface area contributed by atoms with Crippen LogP contribution in [0.2, 0.25) is 5.02 Å². The highest BCUT2D eigenvalue weighted by molar-refractivity contribution is 7.13. The second kappa shape index (κ2) is 9.17. The Morgan fingerprint density at radius 2 is 1.97 bits per heavy atom. The van der Waals surface area contributed by atoms with E-state index in [1.54, 1.807) is 29.6 Å². The Bertz CT molecular complexity index is 1170. The van der Waals surface area contributed by atoms with Crippen molar-refractivity contribution < 1.29 is 4.74 Å². The molecule has 1 aliphatic heterocycles. The fourth-order valence-corrected chi connectivity index (χ4v) is 4.53. The minimum Gasteiger partial charge on any atom is -0.463 e. The van der Waals surface area contributed by atoms with E-state index < -0.39 is 0 Å². The molecule has 1 fully saturated rings. The van der Waals surface area contributed by atoms with Crippen molar-refractivity contribution in [2.24, 2.45) is 0 Å². The molecular weight excluding hydrogens is 448 g/mol. The second-order valence-electron chi connectivity index (χ2n) is 7.49. The van der Waals surface area contributed by atoms with Gasteiger partial charge in [-0.2, -0.15) is 15.0 Å². The summed E-state index contributed by atoms with van der Waals surface area (Å²) < 4.78 is 5.90. The predicted octanol–water partition coefficient (Wildman–Crippen LogP) is 3.97. The number of thiazole rings is 1. The third-order valence-electron chi connectivity index (χ3n) is 5.29. The molecule has 4 aromatic rings. The molecule has 0 spiro atoms. The molecule has 0 saturated carbocycles. The number of halogens is 1. The van der Waals surface area contributed by atoms with Crippen molar-refractivity contribution in [3.05, 3.63) is 58.7 Å². The zero-order valence-electron chi connectivity index (χ0n) is 17.4. The number of anilines is 1. The number of hydrogen-bond acceptors (Lipinski definition) is 9. The fraction of sp³-hybridized carbons (Fsp3) is 0.333. The average molecular weight is 469 g/mol. The van der Waals surface area contributed by atoms with Crippen LogP contribution in [-0.4, -0.2) is 48.0 Å². The van der Waals surface area contributed by atoms with Gasteiger partial charge in [0.25, 0.3) is 5.19 Å². The smallest absolute Gasteiger partial charge is 0.274 e. The molecule has 4 aromatic heterocycles. The van der Waals surface area contributed by atoms with Gasteiger partial charge in [-0.25, -0.2) is 15.0 Å². The molecule has 5 rings (SSSR count). The van der Waals surface area contributed by atoms with Crippen molar-refractivity contribution in [2.75, 3.05) is 18.0 Å². The van der Waals surface area contributed by atoms with Gasteiger partial charge in [0.1, 0.15) is 12.3 Å². The summed E-state index contributed by atoms with van der Waals surface area (Å²) in [6.07, 6.45) is 10.4. The van der Waals surface area contributed by atoms with Gasteiger partial charge in [-0.3, -0.25) is 4.98 Å². The average Bonchev–Trinajstić information content (AvgIpc) is 3.45. The second-order valence-corrected chi connectivity index (χ2v) is 9.09. The Morgan fingerprint density at radius 1 is 1.16 bits per heavy atom. The van der Waals surface area contributed by atoms with Crippen LogP contribution in [0.4, 0.5) is 5.95 Å². The molecule has 0 N–H and O–H groups in total. The van der Waals surface area contributed by atoms with E-state index in [1.807, 2.05) is 25.3 Å². The van der Waals surface area contributed by atoms with E-state index in [1.165, 1.54) is 11.3 Å². The third kappa shape index (κ3) is 4.56. The fourth-order valence-electron chi connectivity index (χ4n) is 3.66. The summed E-state index contributed by atoms with van der Waals surface area (Å²) in [7, 11) is 0. The molecule has 9 nitrogen and oxygen atoms in total. The van der Waals surface area contributed by atoms with Crippen molar-refractivity contribution in [2.45, 2.75) is 32.4 Å². The van der Waals surface area contributed by atoms with Crippen LogP contribution in [0.15, 0.2) is 43.1 Å². The van der Waals surface area contributed by atoms with Gasteiger partial charge >= 0.3 is 0 Å². The van der Waals surface area contributed by atoms with Crippen LogP contribution < -0.4 is 9.64 Å². The van der Waals surface area contributed by atoms with Gasteiger partial charge in [-0.15, -0.1) is 0 Å². The van der Waals surface area contributed by atoms with Crippen LogP contribution >= 0.6 is 22.9 Å². The monoisotopic (exact) mass is 468 g/mol. The van der Waals surface area contributed by atoms with Gasteiger partial charge in [0.2, 0.25) is 5.95 Å². The van der Waals surface area contributed by atoms with Crippen molar-refractivity contribution >= 4 is 28.9 Å². The number of rotatable bonds is 6. The standard InChI is InChI=1S/C21H21ClN8OS/c1-14-19(15-3-2-6-23-9-15)27-21(32-14)31-13-17-12-26-30(28-17)18-4-7-29(8-5-18)20-24-10-16(22)11-25-20/h2-3,6,9-12,18H,4-5,7-8,13H2,1H3. The van der Waals surface area contributed by atoms with Gasteiger partial charge in [-0.1, -0.05) is 22.9 Å². The number of nitrogens with zero attached hydrogens (tertiary/aromatic N) is 8. The van der Waals surface area contributed by atoms with E-state index in [-0.39, 0.29) is 6.04 Å². The van der Waals surface area contributed by atoms with Gasteiger partial charge in [0.15, 0.2) is 0 Å². The topological polar surface area (TPSA) is 94.7 Å². The SMILES string of the molecule is Cc1sc(OCc2cnn(C3CCN(c4ncc(Cl)cn4)CC3)n2)nc1-c1cccnc1. The van der Waals surface area contributed by atoms with Gasteiger partial charge < -0.3 is 9.64 Å². The molecule has 11 heteroatoms. The number of piperidine rings is 1. The number of aromatic nitrogens is 7. The first-order valence-corrected chi connectivity index (χ1v) is 11.5. The number of pyridine rings is 1. The Hall–Kier alpha value is -3.11. The highest BCUT2D eigenvalue weighted by Crippen LogP contribution is 2.31. The summed E-state index contributed by atoms with van der Waals surface area (Å²) in [5.74, 6) is 0.708. The Labute approximate surface area is 194 Å². The Morgan fingerprint density at radius 3 is 2.72 bits per heavy atom. The summed E-state index contributed by atoms with van der Waals surface area (Å²) >= 11 is 7.40. The quantitative estimate of drug-likeness (QED) is 0.419. The summed E-state index contributed by atoms with van der Waals surface area (Å²) in [6, 6.07) is 4.14. The maximum absolute atomic E-state index is 5.90. The Kier molecular flexibility index (Phi) is 5.95. The van der Waals surface area contributed by atoms with Crippen LogP contribution in [0.1, 0.15) is 29.5 Å². The maximum Gasteiger partial charge on any atom is 0.274 e. The van der Waals surface area contributed by atoms with Crippen LogP contribution in [0.25, 0.3) is 11.3 Å². The first kappa shape index (κ1) is 20.8. The van der Waals surface area contributed by atoms with Crippen LogP contribution in [0.5, 0.6) is 5.19 Å². The van der Waals surface area contributed by atoms with Crippen LogP contribution in [0.3, 0.4) is 0 Å². The normalized spacial score (nSPS) is 14.6. The molecule has 0 bridgehead atoms. The molecule has 164 valence electrons. The zero-order chi connectivity index (χ0) is 21.9. The van der Waals surface area contributed by atoms with Gasteiger partial charge in [0.05, 0.1) is 35.3 Å². The van der Waals surface area contributed by atoms with Crippen molar-refractivity contribution in [1.29, 1.82) is 0 Å². The molecule has 0 aliphatic carbocycles. The van der Waals surface area contributed by atoms with Crippen LogP contribution in [-0.2, 0) is 6.61 Å². The van der Waals surface area contributed by atoms with E-state index in [2.05, 4.69) is 35.0 Å². The lowest BCUT2D eigenvalue weighted by atomic mass is 10.1. The lowest BCUT2D eigenvalue weighted by molar-refractivity contribution is 0.290. The van der Waals surface area contributed by atoms with E-state index in [9.17, 15) is 0 Å². The minimum absolute atomic E-state index is 0.242. The Balaban J connectivity index is 1.17. The van der Waals surface area contributed by atoms with E-state index in [4.69, 9.17) is 16.3 Å². The lowest BCUT2D eigenvalue weighted by Crippen LogP contribution is -2.36. The molecular formula is C21H21ClN8OS. The number of hydrogen-bond donors (Lipinski definition) is 0. The predicted molar refractivity (Wildman–Crippen MR) is 122 cm³/mol. The minimum atomic E-state index is 0.242. The summed E-state index contributed by atoms with van der Waals surface area (Å²) in [5.41, 5.74) is 2.67. The molecule has 1 saturated heterocycles. The molecule has 0 amide bonds. The van der Waals surface area contributed by atoms with E-state index in [0.29, 0.717) is 22.8 Å². The maximum atomic E-state index is 5.90. The van der Waals surface area contributed by atoms with E-state index >= 15 is 0 Å². The van der Waals surface area contributed by atoms with Crippen molar-refractivity contribution in [3.63, 3.8) is 0 Å². The summed E-state index contributed by atoms with van der Waals surface area (Å²) in [4.78, 5) is 22.4. The third-order valence-corrected chi connectivity index (χ3v) is 6.37. The summed E-state index contributed by atoms with van der Waals surface area (Å²) in [5, 5.41) is 10.3. The molecule has 0 atom stereocenters. The highest BCUT2D eigenvalue weighted by Gasteiger charge is 2.24. The summed E-state index contributed by atoms with van der Waals surface area (Å²) in [6.45, 7) is 4.05. The molecule has 0 aromatic carbocycles. The van der Waals surface area contributed by atoms with Gasteiger partial charge in [0, 0.05) is 35.9 Å². The van der Waals surface area contributed by atoms with Crippen molar-refractivity contribution in [1.82, 2.24) is 34.9 Å². The zero-order valence-corrected chi connectivity index (χ0v) is 19.0. The molecule has 0 unspecified atom stereocenters. The first-order valence-electron chi connectivity index (χ1n) is 10.3. The van der Waals surface area contributed by atoms with Crippen molar-refractivity contribution in [3.8, 4) is 16.5 Å². The number of ether oxygens (including phenoxy) is 1. The lowest BCUT2D eigenvalue weighted by Gasteiger charge is -2.31. The van der Waals surface area contributed by atoms with Gasteiger partial charge in [-0.05, 0) is 31.9 Å². The van der Waals surface area contributed by atoms with Crippen LogP contribution in [0, 0.1) is 6.92 Å². The molecule has 5 heterocycles. The largest absolute Gasteiger partial charge is 0.463 e. The molecule has 0 radical (unpaired) electrons. The molecule has 1 aliphatic rings. The van der Waals surface area contributed by atoms with E-state index in [0.717, 1.165) is 47.8 Å². The molecule has 32 heavy (non-hydrogen) atoms. The number of aryl methyl sites for hydroxylation is 1. The first-order chi connectivity index (χ1) is 15.7. The highest BCUT2D eigenvalue weighted by atomic mass is 35.5.